The fourth-order valence-electron chi connectivity index (χ4n) is 4.98. The highest BCUT2D eigenvalue weighted by Crippen LogP contribution is 2.36. The van der Waals surface area contributed by atoms with Crippen molar-refractivity contribution in [2.45, 2.75) is 78.4 Å². The summed E-state index contributed by atoms with van der Waals surface area (Å²) in [5.74, 6) is 1.80. The Morgan fingerprint density at radius 1 is 1.03 bits per heavy atom. The van der Waals surface area contributed by atoms with Gasteiger partial charge in [0.25, 0.3) is 11.8 Å². The molecule has 0 saturated carbocycles. The predicted octanol–water partition coefficient (Wildman–Crippen LogP) is 4.71. The summed E-state index contributed by atoms with van der Waals surface area (Å²) in [6.45, 7) is 9.13. The van der Waals surface area contributed by atoms with Crippen LogP contribution in [0.5, 0.6) is 0 Å². The number of furan rings is 2. The van der Waals surface area contributed by atoms with Crippen molar-refractivity contribution in [1.29, 1.82) is 0 Å². The van der Waals surface area contributed by atoms with Crippen molar-refractivity contribution in [1.82, 2.24) is 25.5 Å². The lowest BCUT2D eigenvalue weighted by Gasteiger charge is -2.34. The summed E-state index contributed by atoms with van der Waals surface area (Å²) in [6.07, 6.45) is 3.86. The van der Waals surface area contributed by atoms with Gasteiger partial charge < -0.3 is 14.2 Å². The van der Waals surface area contributed by atoms with Crippen molar-refractivity contribution in [3.8, 4) is 11.6 Å². The van der Waals surface area contributed by atoms with E-state index in [0.717, 1.165) is 37.0 Å². The highest BCUT2D eigenvalue weighted by atomic mass is 16.3. The van der Waals surface area contributed by atoms with Gasteiger partial charge in [-0.15, -0.1) is 10.2 Å². The minimum Gasteiger partial charge on any atom is -0.464 e. The summed E-state index contributed by atoms with van der Waals surface area (Å²) >= 11 is 0. The van der Waals surface area contributed by atoms with Crippen LogP contribution in [0.3, 0.4) is 0 Å². The molecule has 10 nitrogen and oxygen atoms in total. The number of carbonyl (C=O) groups is 2. The summed E-state index contributed by atoms with van der Waals surface area (Å²) in [7, 11) is 0. The van der Waals surface area contributed by atoms with Gasteiger partial charge in [-0.3, -0.25) is 14.5 Å². The highest BCUT2D eigenvalue weighted by molar-refractivity contribution is 6.01. The van der Waals surface area contributed by atoms with Gasteiger partial charge in [0.2, 0.25) is 5.82 Å². The third-order valence-electron chi connectivity index (χ3n) is 6.63. The molecule has 10 heteroatoms. The average molecular weight is 531 g/mol. The van der Waals surface area contributed by atoms with E-state index in [1.54, 1.807) is 23.1 Å². The molecular weight excluding hydrogens is 496 g/mol. The van der Waals surface area contributed by atoms with E-state index >= 15 is 0 Å². The summed E-state index contributed by atoms with van der Waals surface area (Å²) in [6, 6.07) is 12.0. The van der Waals surface area contributed by atoms with Crippen molar-refractivity contribution >= 4 is 17.5 Å². The monoisotopic (exact) mass is 530 g/mol. The quantitative estimate of drug-likeness (QED) is 0.367. The maximum absolute atomic E-state index is 14.2. The fraction of sp³-hybridized carbons (Fsp3) is 0.414. The number of carbonyl (C=O) groups excluding carboxylic acids is 2. The molecule has 1 unspecified atom stereocenters. The fourth-order valence-corrected chi connectivity index (χ4v) is 4.98. The molecule has 5 rings (SSSR count). The topological polar surface area (TPSA) is 119 Å². The second-order valence-electron chi connectivity index (χ2n) is 11.0. The van der Waals surface area contributed by atoms with Crippen LogP contribution in [-0.2, 0) is 29.0 Å². The number of amides is 2. The van der Waals surface area contributed by atoms with Crippen LogP contribution in [0.15, 0.2) is 51.3 Å². The van der Waals surface area contributed by atoms with Crippen LogP contribution < -0.4 is 10.2 Å². The molecule has 0 spiro atoms. The number of hydrogen-bond acceptors (Lipinski definition) is 7. The van der Waals surface area contributed by atoms with Crippen molar-refractivity contribution in [3.05, 3.63) is 70.9 Å². The number of benzene rings is 1. The third-order valence-corrected chi connectivity index (χ3v) is 6.63. The summed E-state index contributed by atoms with van der Waals surface area (Å²) in [5.41, 5.74) is 2.44. The number of aromatic nitrogens is 4. The van der Waals surface area contributed by atoms with E-state index in [0.29, 0.717) is 23.0 Å². The third kappa shape index (κ3) is 5.79. The summed E-state index contributed by atoms with van der Waals surface area (Å²) in [5, 5.41) is 15.6. The molecule has 204 valence electrons. The van der Waals surface area contributed by atoms with Crippen LogP contribution in [0.1, 0.15) is 68.1 Å². The molecule has 3 heterocycles. The number of rotatable bonds is 7. The zero-order valence-electron chi connectivity index (χ0n) is 23.0. The van der Waals surface area contributed by atoms with E-state index in [1.165, 1.54) is 10.4 Å². The molecule has 0 aliphatic heterocycles. The molecule has 2 amide bonds. The molecule has 39 heavy (non-hydrogen) atoms. The van der Waals surface area contributed by atoms with Gasteiger partial charge in [0, 0.05) is 11.2 Å². The Bertz CT molecular complexity index is 1490. The highest BCUT2D eigenvalue weighted by Gasteiger charge is 2.38. The molecule has 1 atom stereocenters. The zero-order chi connectivity index (χ0) is 27.7. The summed E-state index contributed by atoms with van der Waals surface area (Å²) < 4.78 is 11.6. The van der Waals surface area contributed by atoms with Crippen LogP contribution in [0.25, 0.3) is 11.6 Å². The second kappa shape index (κ2) is 10.5. The maximum Gasteiger partial charge on any atom is 0.251 e. The minimum atomic E-state index is -1.03. The van der Waals surface area contributed by atoms with Crippen LogP contribution >= 0.6 is 0 Å². The molecule has 1 N–H and O–H groups in total. The molecule has 4 aromatic rings. The van der Waals surface area contributed by atoms with Gasteiger partial charge in [0.15, 0.2) is 11.8 Å². The average Bonchev–Trinajstić information content (AvgIpc) is 3.62. The second-order valence-corrected chi connectivity index (χ2v) is 11.0. The van der Waals surface area contributed by atoms with Gasteiger partial charge in [-0.1, -0.05) is 12.1 Å². The zero-order valence-corrected chi connectivity index (χ0v) is 23.0. The van der Waals surface area contributed by atoms with Gasteiger partial charge in [0.1, 0.15) is 23.8 Å². The largest absolute Gasteiger partial charge is 0.464 e. The molecule has 3 aromatic heterocycles. The first-order chi connectivity index (χ1) is 18.6. The number of hydrogen-bond donors (Lipinski definition) is 1. The number of nitrogens with zero attached hydrogens (tertiary/aromatic N) is 5. The molecule has 1 aliphatic rings. The van der Waals surface area contributed by atoms with Crippen molar-refractivity contribution in [2.75, 3.05) is 4.90 Å². The summed E-state index contributed by atoms with van der Waals surface area (Å²) in [4.78, 5) is 30.8. The minimum absolute atomic E-state index is 0.227. The van der Waals surface area contributed by atoms with Gasteiger partial charge in [-0.05, 0) is 107 Å². The van der Waals surface area contributed by atoms with E-state index in [-0.39, 0.29) is 24.2 Å². The lowest BCUT2D eigenvalue weighted by molar-refractivity contribution is -0.128. The first-order valence-corrected chi connectivity index (χ1v) is 13.2. The van der Waals surface area contributed by atoms with E-state index < -0.39 is 11.6 Å². The Labute approximate surface area is 227 Å². The normalized spacial score (nSPS) is 14.1. The molecule has 0 saturated heterocycles. The maximum atomic E-state index is 14.2. The molecular formula is C29H34N6O4. The number of nitrogens with one attached hydrogen (secondary N) is 1. The Balaban J connectivity index is 1.58. The molecule has 0 radical (unpaired) electrons. The van der Waals surface area contributed by atoms with Crippen LogP contribution in [0.4, 0.5) is 5.69 Å². The Morgan fingerprint density at radius 3 is 2.46 bits per heavy atom. The van der Waals surface area contributed by atoms with E-state index in [4.69, 9.17) is 8.83 Å². The van der Waals surface area contributed by atoms with Crippen molar-refractivity contribution in [2.24, 2.45) is 0 Å². The Hall–Kier alpha value is -4.21. The van der Waals surface area contributed by atoms with Crippen LogP contribution in [-0.4, -0.2) is 37.6 Å². The molecule has 1 aromatic carbocycles. The van der Waals surface area contributed by atoms with Gasteiger partial charge in [-0.25, -0.2) is 0 Å². The smallest absolute Gasteiger partial charge is 0.251 e. The van der Waals surface area contributed by atoms with Crippen LogP contribution in [0, 0.1) is 13.8 Å². The Morgan fingerprint density at radius 2 is 1.77 bits per heavy atom. The van der Waals surface area contributed by atoms with Crippen molar-refractivity contribution < 1.29 is 18.4 Å². The lowest BCUT2D eigenvalue weighted by Crippen LogP contribution is -2.50. The standard InChI is InChI=1S/C29H34N6O4/c1-18-13-15-23(38-18)26(28(37)30-29(3,4)5)35(22-12-8-10-20-9-6-7-11-21(20)22)25(36)17-34-32-27(31-33-34)24-16-14-19(2)39-24/h8,10,12-16,26H,6-7,9,11,17H2,1-5H3,(H,30,37). The number of anilines is 1. The molecule has 1 aliphatic carbocycles. The molecule has 0 bridgehead atoms. The van der Waals surface area contributed by atoms with E-state index in [2.05, 4.69) is 26.8 Å². The number of fused-ring (bicyclic) bond motifs is 1. The first-order valence-electron chi connectivity index (χ1n) is 13.2. The van der Waals surface area contributed by atoms with Gasteiger partial charge in [-0.2, -0.15) is 4.80 Å². The molecule has 0 fully saturated rings. The number of aryl methyl sites for hydroxylation is 3. The van der Waals surface area contributed by atoms with Crippen molar-refractivity contribution in [3.63, 3.8) is 0 Å². The van der Waals surface area contributed by atoms with Gasteiger partial charge >= 0.3 is 0 Å². The van der Waals surface area contributed by atoms with E-state index in [1.807, 2.05) is 52.8 Å². The van der Waals surface area contributed by atoms with E-state index in [9.17, 15) is 9.59 Å². The predicted molar refractivity (Wildman–Crippen MR) is 145 cm³/mol. The SMILES string of the molecule is Cc1ccc(-c2nnn(CC(=O)N(c3cccc4c3CCCC4)C(C(=O)NC(C)(C)C)c3ccc(C)o3)n2)o1. The Kier molecular flexibility index (Phi) is 7.12. The first kappa shape index (κ1) is 26.4. The number of tetrazole rings is 1. The van der Waals surface area contributed by atoms with Gasteiger partial charge in [0.05, 0.1) is 0 Å². The van der Waals surface area contributed by atoms with Crippen LogP contribution in [0.2, 0.25) is 0 Å². The lowest BCUT2D eigenvalue weighted by atomic mass is 9.89.